The molecule has 0 saturated carbocycles. The van der Waals surface area contributed by atoms with Crippen LogP contribution >= 0.6 is 11.6 Å². The number of likely N-dealkylation sites (tertiary alicyclic amines) is 1. The summed E-state index contributed by atoms with van der Waals surface area (Å²) in [5, 5.41) is 11.0. The molecule has 0 radical (unpaired) electrons. The molecule has 0 amide bonds. The molecule has 106 valence electrons. The Morgan fingerprint density at radius 1 is 1.42 bits per heavy atom. The van der Waals surface area contributed by atoms with Crippen molar-refractivity contribution in [3.63, 3.8) is 0 Å². The highest BCUT2D eigenvalue weighted by atomic mass is 35.5. The van der Waals surface area contributed by atoms with E-state index >= 15 is 0 Å². The fourth-order valence-electron chi connectivity index (χ4n) is 3.12. The van der Waals surface area contributed by atoms with Crippen molar-refractivity contribution in [3.8, 4) is 0 Å². The third kappa shape index (κ3) is 3.71. The third-order valence-electron chi connectivity index (χ3n) is 4.32. The Kier molecular flexibility index (Phi) is 5.26. The van der Waals surface area contributed by atoms with Gasteiger partial charge in [0.1, 0.15) is 0 Å². The molecular weight excluding hydrogens is 258 g/mol. The van der Waals surface area contributed by atoms with Crippen molar-refractivity contribution in [1.29, 1.82) is 0 Å². The van der Waals surface area contributed by atoms with E-state index in [0.717, 1.165) is 18.5 Å². The predicted octanol–water partition coefficient (Wildman–Crippen LogP) is 4.03. The van der Waals surface area contributed by atoms with Gasteiger partial charge in [0.25, 0.3) is 0 Å². The van der Waals surface area contributed by atoms with Gasteiger partial charge in [-0.05, 0) is 50.3 Å². The molecule has 3 atom stereocenters. The van der Waals surface area contributed by atoms with Crippen molar-refractivity contribution in [1.82, 2.24) is 4.90 Å². The van der Waals surface area contributed by atoms with Gasteiger partial charge in [0, 0.05) is 23.7 Å². The number of halogens is 1. The Balaban J connectivity index is 1.91. The van der Waals surface area contributed by atoms with Crippen LogP contribution in [0.5, 0.6) is 0 Å². The summed E-state index contributed by atoms with van der Waals surface area (Å²) in [5.74, 6) is 0. The molecule has 1 heterocycles. The summed E-state index contributed by atoms with van der Waals surface area (Å²) in [6.07, 6.45) is 4.15. The van der Waals surface area contributed by atoms with Crippen molar-refractivity contribution >= 4 is 11.6 Å². The monoisotopic (exact) mass is 281 g/mol. The van der Waals surface area contributed by atoms with E-state index in [1.54, 1.807) is 0 Å². The van der Waals surface area contributed by atoms with E-state index < -0.39 is 6.10 Å². The highest BCUT2D eigenvalue weighted by Crippen LogP contribution is 2.28. The molecule has 2 rings (SSSR count). The van der Waals surface area contributed by atoms with Crippen molar-refractivity contribution < 1.29 is 5.11 Å². The minimum Gasteiger partial charge on any atom is -0.388 e. The zero-order chi connectivity index (χ0) is 13.8. The number of aliphatic hydroxyl groups excluding tert-OH is 1. The van der Waals surface area contributed by atoms with Crippen LogP contribution in [0.15, 0.2) is 24.3 Å². The van der Waals surface area contributed by atoms with E-state index in [1.165, 1.54) is 19.3 Å². The predicted molar refractivity (Wildman–Crippen MR) is 80.5 cm³/mol. The molecule has 19 heavy (non-hydrogen) atoms. The maximum Gasteiger partial charge on any atom is 0.0802 e. The number of aliphatic hydroxyl groups is 1. The van der Waals surface area contributed by atoms with Gasteiger partial charge in [-0.15, -0.1) is 0 Å². The Bertz CT molecular complexity index is 409. The Morgan fingerprint density at radius 2 is 2.21 bits per heavy atom. The first kappa shape index (κ1) is 14.8. The van der Waals surface area contributed by atoms with Crippen LogP contribution in [-0.4, -0.2) is 28.6 Å². The van der Waals surface area contributed by atoms with E-state index in [-0.39, 0.29) is 0 Å². The molecule has 0 bridgehead atoms. The molecule has 1 saturated heterocycles. The number of hydrogen-bond acceptors (Lipinski definition) is 2. The van der Waals surface area contributed by atoms with E-state index in [9.17, 15) is 5.11 Å². The second kappa shape index (κ2) is 6.74. The lowest BCUT2D eigenvalue weighted by Gasteiger charge is -2.28. The number of nitrogens with zero attached hydrogens (tertiary/aromatic N) is 1. The second-order valence-electron chi connectivity index (χ2n) is 5.59. The van der Waals surface area contributed by atoms with Crippen molar-refractivity contribution in [2.75, 3.05) is 6.54 Å². The summed E-state index contributed by atoms with van der Waals surface area (Å²) < 4.78 is 0. The van der Waals surface area contributed by atoms with Crippen LogP contribution in [0.1, 0.15) is 51.2 Å². The van der Waals surface area contributed by atoms with Gasteiger partial charge in [-0.3, -0.25) is 4.90 Å². The Hall–Kier alpha value is -0.570. The molecule has 1 aliphatic heterocycles. The second-order valence-corrected chi connectivity index (χ2v) is 6.02. The van der Waals surface area contributed by atoms with Crippen LogP contribution in [0.25, 0.3) is 0 Å². The molecule has 0 aromatic heterocycles. The number of hydrogen-bond donors (Lipinski definition) is 1. The van der Waals surface area contributed by atoms with E-state index in [4.69, 9.17) is 11.6 Å². The maximum absolute atomic E-state index is 10.3. The molecule has 1 aliphatic rings. The third-order valence-corrected chi connectivity index (χ3v) is 4.55. The molecule has 1 aromatic rings. The van der Waals surface area contributed by atoms with Gasteiger partial charge in [-0.25, -0.2) is 0 Å². The van der Waals surface area contributed by atoms with Gasteiger partial charge in [0.15, 0.2) is 0 Å². The Labute approximate surface area is 121 Å². The van der Waals surface area contributed by atoms with E-state index in [2.05, 4.69) is 18.7 Å². The van der Waals surface area contributed by atoms with Crippen LogP contribution in [0.3, 0.4) is 0 Å². The molecule has 2 nitrogen and oxygen atoms in total. The van der Waals surface area contributed by atoms with Crippen LogP contribution < -0.4 is 0 Å². The zero-order valence-electron chi connectivity index (χ0n) is 11.8. The van der Waals surface area contributed by atoms with Gasteiger partial charge in [-0.2, -0.15) is 0 Å². The first-order valence-electron chi connectivity index (χ1n) is 7.31. The summed E-state index contributed by atoms with van der Waals surface area (Å²) >= 11 is 5.96. The average molecular weight is 282 g/mol. The lowest BCUT2D eigenvalue weighted by Crippen LogP contribution is -2.35. The van der Waals surface area contributed by atoms with Crippen molar-refractivity contribution in [2.24, 2.45) is 0 Å². The number of rotatable bonds is 5. The molecule has 1 N–H and O–H groups in total. The summed E-state index contributed by atoms with van der Waals surface area (Å²) in [4.78, 5) is 2.55. The lowest BCUT2D eigenvalue weighted by molar-refractivity contribution is 0.123. The molecule has 3 heteroatoms. The largest absolute Gasteiger partial charge is 0.388 e. The van der Waals surface area contributed by atoms with Gasteiger partial charge < -0.3 is 5.11 Å². The smallest absolute Gasteiger partial charge is 0.0802 e. The zero-order valence-corrected chi connectivity index (χ0v) is 12.6. The Morgan fingerprint density at radius 3 is 2.89 bits per heavy atom. The molecule has 1 aromatic carbocycles. The standard InChI is InChI=1S/C16H24ClNO/c1-3-15-8-7-12(2)18(15)10-9-16(19)13-5-4-6-14(17)11-13/h4-6,11-12,15-16,19H,3,7-10H2,1-2H3. The average Bonchev–Trinajstić information content (AvgIpc) is 2.76. The topological polar surface area (TPSA) is 23.5 Å². The van der Waals surface area contributed by atoms with Crippen LogP contribution in [0.2, 0.25) is 5.02 Å². The minimum atomic E-state index is -0.413. The van der Waals surface area contributed by atoms with Gasteiger partial charge in [0.05, 0.1) is 6.10 Å². The van der Waals surface area contributed by atoms with Gasteiger partial charge in [0.2, 0.25) is 0 Å². The quantitative estimate of drug-likeness (QED) is 0.881. The van der Waals surface area contributed by atoms with Crippen molar-refractivity contribution in [2.45, 2.75) is 57.7 Å². The molecule has 1 fully saturated rings. The molecule has 0 aliphatic carbocycles. The molecule has 0 spiro atoms. The molecule has 3 unspecified atom stereocenters. The normalized spacial score (nSPS) is 25.7. The van der Waals surface area contributed by atoms with Crippen LogP contribution in [-0.2, 0) is 0 Å². The summed E-state index contributed by atoms with van der Waals surface area (Å²) in [7, 11) is 0. The summed E-state index contributed by atoms with van der Waals surface area (Å²) in [6, 6.07) is 8.89. The first-order chi connectivity index (χ1) is 9.11. The van der Waals surface area contributed by atoms with Gasteiger partial charge in [-0.1, -0.05) is 30.7 Å². The minimum absolute atomic E-state index is 0.413. The first-order valence-corrected chi connectivity index (χ1v) is 7.69. The van der Waals surface area contributed by atoms with E-state index in [1.807, 2.05) is 24.3 Å². The highest BCUT2D eigenvalue weighted by Gasteiger charge is 2.29. The van der Waals surface area contributed by atoms with E-state index in [0.29, 0.717) is 17.1 Å². The van der Waals surface area contributed by atoms with Gasteiger partial charge >= 0.3 is 0 Å². The van der Waals surface area contributed by atoms with Crippen LogP contribution in [0.4, 0.5) is 0 Å². The van der Waals surface area contributed by atoms with Crippen molar-refractivity contribution in [3.05, 3.63) is 34.9 Å². The lowest BCUT2D eigenvalue weighted by atomic mass is 10.1. The highest BCUT2D eigenvalue weighted by molar-refractivity contribution is 6.30. The van der Waals surface area contributed by atoms with Crippen LogP contribution in [0, 0.1) is 0 Å². The fraction of sp³-hybridized carbons (Fsp3) is 0.625. The summed E-state index contributed by atoms with van der Waals surface area (Å²) in [6.45, 7) is 5.51. The maximum atomic E-state index is 10.3. The SMILES string of the molecule is CCC1CCC(C)N1CCC(O)c1cccc(Cl)c1. The number of benzene rings is 1. The fourth-order valence-corrected chi connectivity index (χ4v) is 3.32. The summed E-state index contributed by atoms with van der Waals surface area (Å²) in [5.41, 5.74) is 0.924. The molecular formula is C16H24ClNO.